The number of benzene rings is 2. The van der Waals surface area contributed by atoms with Gasteiger partial charge in [-0.2, -0.15) is 22.9 Å². The van der Waals surface area contributed by atoms with Crippen molar-refractivity contribution in [2.45, 2.75) is 6.18 Å². The Hall–Kier alpha value is -4.13. The number of alkyl halides is 3. The quantitative estimate of drug-likeness (QED) is 0.544. The van der Waals surface area contributed by atoms with Gasteiger partial charge in [0.05, 0.1) is 11.6 Å². The second-order valence-electron chi connectivity index (χ2n) is 5.90. The van der Waals surface area contributed by atoms with E-state index in [1.54, 1.807) is 48.5 Å². The Morgan fingerprint density at radius 2 is 1.76 bits per heavy atom. The van der Waals surface area contributed by atoms with Gasteiger partial charge in [0.25, 0.3) is 5.82 Å². The van der Waals surface area contributed by atoms with Crippen molar-refractivity contribution >= 4 is 17.2 Å². The van der Waals surface area contributed by atoms with E-state index in [-0.39, 0.29) is 11.5 Å². The summed E-state index contributed by atoms with van der Waals surface area (Å²) in [6.45, 7) is 0. The highest BCUT2D eigenvalue weighted by atomic mass is 19.4. The SMILES string of the molecule is N#Cc1ccc(Oc2cccc(Nc3ccc4nnc(C(F)(F)F)n4n3)c2)cc1. The molecule has 0 aliphatic heterocycles. The molecule has 2 aromatic carbocycles. The summed E-state index contributed by atoms with van der Waals surface area (Å²) in [7, 11) is 0. The third-order valence-corrected chi connectivity index (χ3v) is 3.84. The maximum Gasteiger partial charge on any atom is 0.453 e. The van der Waals surface area contributed by atoms with E-state index in [1.165, 1.54) is 12.1 Å². The van der Waals surface area contributed by atoms with Crippen molar-refractivity contribution in [2.75, 3.05) is 5.32 Å². The molecule has 29 heavy (non-hydrogen) atoms. The number of halogens is 3. The van der Waals surface area contributed by atoms with Gasteiger partial charge in [0, 0.05) is 11.8 Å². The number of fused-ring (bicyclic) bond motifs is 1. The van der Waals surface area contributed by atoms with Gasteiger partial charge in [-0.05, 0) is 48.5 Å². The van der Waals surface area contributed by atoms with Gasteiger partial charge in [-0.25, -0.2) is 0 Å². The normalized spacial score (nSPS) is 11.2. The summed E-state index contributed by atoms with van der Waals surface area (Å²) in [6, 6.07) is 18.3. The van der Waals surface area contributed by atoms with Crippen LogP contribution in [0.4, 0.5) is 24.7 Å². The Morgan fingerprint density at radius 3 is 2.48 bits per heavy atom. The van der Waals surface area contributed by atoms with Gasteiger partial charge in [0.2, 0.25) is 0 Å². The number of nitriles is 1. The molecule has 4 rings (SSSR count). The van der Waals surface area contributed by atoms with E-state index in [9.17, 15) is 13.2 Å². The molecular formula is C19H11F3N6O. The first-order valence-corrected chi connectivity index (χ1v) is 8.27. The summed E-state index contributed by atoms with van der Waals surface area (Å²) in [5.74, 6) is 0.0217. The van der Waals surface area contributed by atoms with E-state index >= 15 is 0 Å². The smallest absolute Gasteiger partial charge is 0.453 e. The van der Waals surface area contributed by atoms with Crippen LogP contribution in [0.25, 0.3) is 5.65 Å². The summed E-state index contributed by atoms with van der Waals surface area (Å²) >= 11 is 0. The monoisotopic (exact) mass is 396 g/mol. The molecule has 7 nitrogen and oxygen atoms in total. The van der Waals surface area contributed by atoms with Crippen LogP contribution in [-0.4, -0.2) is 19.8 Å². The summed E-state index contributed by atoms with van der Waals surface area (Å²) in [5.41, 5.74) is 1.06. The van der Waals surface area contributed by atoms with Gasteiger partial charge in [-0.15, -0.1) is 15.3 Å². The van der Waals surface area contributed by atoms with Crippen LogP contribution in [0, 0.1) is 11.3 Å². The summed E-state index contributed by atoms with van der Waals surface area (Å²) < 4.78 is 45.4. The highest BCUT2D eigenvalue weighted by Crippen LogP contribution is 2.29. The zero-order chi connectivity index (χ0) is 20.4. The number of hydrogen-bond acceptors (Lipinski definition) is 6. The minimum atomic E-state index is -4.67. The molecular weight excluding hydrogens is 385 g/mol. The molecule has 10 heteroatoms. The first-order valence-electron chi connectivity index (χ1n) is 8.27. The largest absolute Gasteiger partial charge is 0.457 e. The standard InChI is InChI=1S/C19H11F3N6O/c20-19(21,22)18-26-25-17-9-8-16(27-28(17)18)24-13-2-1-3-15(10-13)29-14-6-4-12(11-23)5-7-14/h1-10H,(H,24,27). The average Bonchev–Trinajstić information content (AvgIpc) is 3.13. The summed E-state index contributed by atoms with van der Waals surface area (Å²) in [4.78, 5) is 0. The number of anilines is 2. The molecule has 2 heterocycles. The van der Waals surface area contributed by atoms with Gasteiger partial charge in [-0.3, -0.25) is 0 Å². The topological polar surface area (TPSA) is 88.1 Å². The molecule has 0 spiro atoms. The number of ether oxygens (including phenoxy) is 1. The predicted molar refractivity (Wildman–Crippen MR) is 96.7 cm³/mol. The highest BCUT2D eigenvalue weighted by Gasteiger charge is 2.37. The molecule has 0 radical (unpaired) electrons. The van der Waals surface area contributed by atoms with Crippen molar-refractivity contribution in [3.8, 4) is 17.6 Å². The maximum absolute atomic E-state index is 13.0. The third kappa shape index (κ3) is 3.93. The molecule has 4 aromatic rings. The van der Waals surface area contributed by atoms with E-state index in [1.807, 2.05) is 6.07 Å². The number of nitrogens with zero attached hydrogens (tertiary/aromatic N) is 5. The predicted octanol–water partition coefficient (Wildman–Crippen LogP) is 4.55. The van der Waals surface area contributed by atoms with Crippen LogP contribution < -0.4 is 10.1 Å². The van der Waals surface area contributed by atoms with Crippen LogP contribution in [0.3, 0.4) is 0 Å². The van der Waals surface area contributed by atoms with Crippen LogP contribution in [0.1, 0.15) is 11.4 Å². The number of aromatic nitrogens is 4. The Labute approximate surface area is 162 Å². The van der Waals surface area contributed by atoms with E-state index < -0.39 is 12.0 Å². The molecule has 0 bridgehead atoms. The molecule has 0 saturated heterocycles. The lowest BCUT2D eigenvalue weighted by Crippen LogP contribution is -2.13. The average molecular weight is 396 g/mol. The first-order chi connectivity index (χ1) is 13.9. The Bertz CT molecular complexity index is 1210. The van der Waals surface area contributed by atoms with Crippen molar-refractivity contribution < 1.29 is 17.9 Å². The number of hydrogen-bond donors (Lipinski definition) is 1. The minimum Gasteiger partial charge on any atom is -0.457 e. The van der Waals surface area contributed by atoms with Crippen LogP contribution in [0.5, 0.6) is 11.5 Å². The molecule has 1 N–H and O–H groups in total. The van der Waals surface area contributed by atoms with E-state index in [4.69, 9.17) is 10.00 Å². The van der Waals surface area contributed by atoms with Crippen molar-refractivity contribution in [3.63, 3.8) is 0 Å². The van der Waals surface area contributed by atoms with Gasteiger partial charge >= 0.3 is 6.18 Å². The lowest BCUT2D eigenvalue weighted by atomic mass is 10.2. The molecule has 0 aliphatic carbocycles. The summed E-state index contributed by atoms with van der Waals surface area (Å²) in [6.07, 6.45) is -4.67. The van der Waals surface area contributed by atoms with Crippen molar-refractivity contribution in [3.05, 3.63) is 72.1 Å². The first kappa shape index (κ1) is 18.2. The van der Waals surface area contributed by atoms with Gasteiger partial charge in [0.1, 0.15) is 11.5 Å². The molecule has 2 aromatic heterocycles. The molecule has 0 aliphatic rings. The van der Waals surface area contributed by atoms with Crippen LogP contribution in [0.15, 0.2) is 60.7 Å². The van der Waals surface area contributed by atoms with E-state index in [0.717, 1.165) is 0 Å². The lowest BCUT2D eigenvalue weighted by Gasteiger charge is -2.10. The van der Waals surface area contributed by atoms with Gasteiger partial charge in [-0.1, -0.05) is 6.07 Å². The van der Waals surface area contributed by atoms with Gasteiger partial charge < -0.3 is 10.1 Å². The summed E-state index contributed by atoms with van der Waals surface area (Å²) in [5, 5.41) is 22.3. The molecule has 0 unspecified atom stereocenters. The molecule has 0 fully saturated rings. The Morgan fingerprint density at radius 1 is 0.966 bits per heavy atom. The van der Waals surface area contributed by atoms with Gasteiger partial charge in [0.15, 0.2) is 11.5 Å². The fraction of sp³-hybridized carbons (Fsp3) is 0.0526. The van der Waals surface area contributed by atoms with Crippen molar-refractivity contribution in [1.29, 1.82) is 5.26 Å². The lowest BCUT2D eigenvalue weighted by molar-refractivity contribution is -0.146. The second-order valence-corrected chi connectivity index (χ2v) is 5.90. The fourth-order valence-corrected chi connectivity index (χ4v) is 2.55. The van der Waals surface area contributed by atoms with E-state index in [2.05, 4.69) is 20.6 Å². The Balaban J connectivity index is 1.56. The van der Waals surface area contributed by atoms with Crippen molar-refractivity contribution in [1.82, 2.24) is 19.8 Å². The number of rotatable bonds is 4. The minimum absolute atomic E-state index is 0.0132. The third-order valence-electron chi connectivity index (χ3n) is 3.84. The van der Waals surface area contributed by atoms with E-state index in [0.29, 0.717) is 27.3 Å². The van der Waals surface area contributed by atoms with Crippen LogP contribution in [0.2, 0.25) is 0 Å². The maximum atomic E-state index is 13.0. The zero-order valence-corrected chi connectivity index (χ0v) is 14.6. The molecule has 0 amide bonds. The fourth-order valence-electron chi connectivity index (χ4n) is 2.55. The Kier molecular flexibility index (Phi) is 4.48. The van der Waals surface area contributed by atoms with Crippen LogP contribution in [-0.2, 0) is 6.18 Å². The van der Waals surface area contributed by atoms with Crippen LogP contribution >= 0.6 is 0 Å². The zero-order valence-electron chi connectivity index (χ0n) is 14.6. The van der Waals surface area contributed by atoms with Crippen molar-refractivity contribution in [2.24, 2.45) is 0 Å². The molecule has 0 saturated carbocycles. The highest BCUT2D eigenvalue weighted by molar-refractivity contribution is 5.59. The molecule has 144 valence electrons. The molecule has 0 atom stereocenters. The number of nitrogens with one attached hydrogen (secondary N) is 1. The second kappa shape index (κ2) is 7.12.